The van der Waals surface area contributed by atoms with Gasteiger partial charge in [-0.25, -0.2) is 4.68 Å². The maximum atomic E-state index is 12.3. The van der Waals surface area contributed by atoms with Gasteiger partial charge in [-0.1, -0.05) is 35.5 Å². The van der Waals surface area contributed by atoms with Gasteiger partial charge in [-0.2, -0.15) is 0 Å². The zero-order valence-electron chi connectivity index (χ0n) is 14.2. The zero-order chi connectivity index (χ0) is 17.2. The number of aromatic nitrogens is 4. The highest BCUT2D eigenvalue weighted by atomic mass is 16.5. The average molecular weight is 339 g/mol. The van der Waals surface area contributed by atoms with Gasteiger partial charge in [-0.3, -0.25) is 4.79 Å². The largest absolute Gasteiger partial charge is 0.350 e. The highest BCUT2D eigenvalue weighted by Gasteiger charge is 2.33. The Kier molecular flexibility index (Phi) is 4.21. The first-order valence-electron chi connectivity index (χ1n) is 8.78. The minimum atomic E-state index is -0.213. The smallest absolute Gasteiger partial charge is 0.290 e. The summed E-state index contributed by atoms with van der Waals surface area (Å²) < 4.78 is 7.11. The van der Waals surface area contributed by atoms with Crippen molar-refractivity contribution in [2.45, 2.75) is 51.1 Å². The summed E-state index contributed by atoms with van der Waals surface area (Å²) in [6, 6.07) is 2.15. The maximum Gasteiger partial charge on any atom is 0.290 e. The predicted molar refractivity (Wildman–Crippen MR) is 91.8 cm³/mol. The quantitative estimate of drug-likeness (QED) is 0.905. The molecule has 1 saturated carbocycles. The van der Waals surface area contributed by atoms with Crippen LogP contribution in [0.4, 0.5) is 0 Å². The molecule has 2 aromatic rings. The minimum Gasteiger partial charge on any atom is -0.350 e. The van der Waals surface area contributed by atoms with Gasteiger partial charge in [0.05, 0.1) is 11.7 Å². The number of carbonyl (C=O) groups is 1. The van der Waals surface area contributed by atoms with Gasteiger partial charge in [0.1, 0.15) is 5.69 Å². The van der Waals surface area contributed by atoms with Crippen LogP contribution in [0.25, 0.3) is 5.57 Å². The Morgan fingerprint density at radius 2 is 2.28 bits per heavy atom. The van der Waals surface area contributed by atoms with Gasteiger partial charge in [-0.15, -0.1) is 5.10 Å². The number of carbonyl (C=O) groups excluding carboxylic acids is 1. The molecule has 0 atom stereocenters. The van der Waals surface area contributed by atoms with Crippen molar-refractivity contribution in [2.75, 3.05) is 0 Å². The maximum absolute atomic E-state index is 12.3. The van der Waals surface area contributed by atoms with Crippen molar-refractivity contribution in [1.82, 2.24) is 25.5 Å². The van der Waals surface area contributed by atoms with Crippen LogP contribution in [0.3, 0.4) is 0 Å². The molecule has 0 bridgehead atoms. The summed E-state index contributed by atoms with van der Waals surface area (Å²) in [5.41, 5.74) is 2.71. The van der Waals surface area contributed by atoms with Gasteiger partial charge in [-0.05, 0) is 37.7 Å². The summed E-state index contributed by atoms with van der Waals surface area (Å²) in [7, 11) is 0. The molecule has 25 heavy (non-hydrogen) atoms. The summed E-state index contributed by atoms with van der Waals surface area (Å²) in [6.07, 6.45) is 12.8. The second-order valence-corrected chi connectivity index (χ2v) is 6.55. The average Bonchev–Trinajstić information content (AvgIpc) is 3.27. The first-order valence-corrected chi connectivity index (χ1v) is 8.78. The number of hydrogen-bond donors (Lipinski definition) is 1. The van der Waals surface area contributed by atoms with E-state index in [0.717, 1.165) is 43.4 Å². The van der Waals surface area contributed by atoms with E-state index in [2.05, 4.69) is 39.9 Å². The molecule has 0 aliphatic heterocycles. The summed E-state index contributed by atoms with van der Waals surface area (Å²) in [5.74, 6) is 0.0442. The Labute approximate surface area is 145 Å². The summed E-state index contributed by atoms with van der Waals surface area (Å²) in [5, 5.41) is 15.3. The Hall–Kier alpha value is -2.70. The summed E-state index contributed by atoms with van der Waals surface area (Å²) in [4.78, 5) is 12.3. The normalized spacial score (nSPS) is 22.4. The van der Waals surface area contributed by atoms with E-state index in [9.17, 15) is 4.79 Å². The Bertz CT molecular complexity index is 826. The van der Waals surface area contributed by atoms with E-state index in [1.807, 2.05) is 17.0 Å². The van der Waals surface area contributed by atoms with E-state index < -0.39 is 0 Å². The van der Waals surface area contributed by atoms with Crippen LogP contribution in [0.15, 0.2) is 35.0 Å². The first-order chi connectivity index (χ1) is 12.2. The molecule has 1 N–H and O–H groups in total. The highest BCUT2D eigenvalue weighted by Crippen LogP contribution is 2.32. The van der Waals surface area contributed by atoms with Crippen molar-refractivity contribution in [1.29, 1.82) is 0 Å². The molecule has 130 valence electrons. The number of rotatable bonds is 5. The lowest BCUT2D eigenvalue weighted by Crippen LogP contribution is -2.45. The Morgan fingerprint density at radius 3 is 3.00 bits per heavy atom. The molecule has 2 aromatic heterocycles. The van der Waals surface area contributed by atoms with Crippen molar-refractivity contribution in [3.8, 4) is 0 Å². The topological polar surface area (TPSA) is 85.8 Å². The van der Waals surface area contributed by atoms with Crippen LogP contribution in [0.1, 0.15) is 60.6 Å². The minimum absolute atomic E-state index is 0.133. The van der Waals surface area contributed by atoms with Crippen LogP contribution in [-0.4, -0.2) is 32.1 Å². The molecule has 0 unspecified atom stereocenters. The van der Waals surface area contributed by atoms with E-state index in [-0.39, 0.29) is 17.7 Å². The summed E-state index contributed by atoms with van der Waals surface area (Å²) >= 11 is 0. The fourth-order valence-corrected chi connectivity index (χ4v) is 3.15. The fourth-order valence-electron chi connectivity index (χ4n) is 3.15. The van der Waals surface area contributed by atoms with Crippen LogP contribution in [0.5, 0.6) is 0 Å². The van der Waals surface area contributed by atoms with Crippen LogP contribution in [-0.2, 0) is 6.42 Å². The molecule has 0 radical (unpaired) electrons. The van der Waals surface area contributed by atoms with Gasteiger partial charge in [0.15, 0.2) is 0 Å². The van der Waals surface area contributed by atoms with E-state index in [1.54, 1.807) is 6.07 Å². The van der Waals surface area contributed by atoms with Gasteiger partial charge < -0.3 is 9.84 Å². The van der Waals surface area contributed by atoms with Crippen molar-refractivity contribution in [3.63, 3.8) is 0 Å². The molecule has 7 nitrogen and oxygen atoms in total. The number of aryl methyl sites for hydroxylation is 1. The lowest BCUT2D eigenvalue weighted by molar-refractivity contribution is 0.0850. The molecule has 0 aromatic carbocycles. The molecule has 4 rings (SSSR count). The Morgan fingerprint density at radius 1 is 1.40 bits per heavy atom. The molecule has 2 aliphatic carbocycles. The number of nitrogens with one attached hydrogen (secondary N) is 1. The zero-order valence-corrected chi connectivity index (χ0v) is 14.2. The van der Waals surface area contributed by atoms with Crippen molar-refractivity contribution in [2.24, 2.45) is 0 Å². The third-order valence-corrected chi connectivity index (χ3v) is 4.77. The number of nitrogens with zero attached hydrogens (tertiary/aromatic N) is 4. The van der Waals surface area contributed by atoms with Crippen LogP contribution in [0, 0.1) is 0 Å². The van der Waals surface area contributed by atoms with Crippen LogP contribution in [0.2, 0.25) is 0 Å². The predicted octanol–water partition coefficient (Wildman–Crippen LogP) is 2.70. The lowest BCUT2D eigenvalue weighted by atomic mass is 9.87. The van der Waals surface area contributed by atoms with Gasteiger partial charge in [0, 0.05) is 18.3 Å². The highest BCUT2D eigenvalue weighted by molar-refractivity contribution is 5.92. The molecule has 1 fully saturated rings. The molecular weight excluding hydrogens is 318 g/mol. The molecular formula is C18H21N5O2. The second-order valence-electron chi connectivity index (χ2n) is 6.55. The first kappa shape index (κ1) is 15.8. The van der Waals surface area contributed by atoms with Crippen molar-refractivity contribution < 1.29 is 9.32 Å². The number of hydrogen-bond acceptors (Lipinski definition) is 5. The lowest BCUT2D eigenvalue weighted by Gasteiger charge is -2.35. The number of amides is 1. The third-order valence-electron chi connectivity index (χ3n) is 4.77. The van der Waals surface area contributed by atoms with E-state index in [0.29, 0.717) is 11.7 Å². The van der Waals surface area contributed by atoms with Crippen molar-refractivity contribution >= 4 is 11.5 Å². The third kappa shape index (κ3) is 3.26. The molecule has 1 amide bonds. The molecule has 2 aliphatic rings. The SMILES string of the molecule is CCc1cn([C@H]2C[C@@H](NC(=O)c3cc(C4=CCCC=C4)no3)C2)nn1. The molecule has 0 saturated heterocycles. The molecule has 2 heterocycles. The van der Waals surface area contributed by atoms with E-state index >= 15 is 0 Å². The monoisotopic (exact) mass is 339 g/mol. The van der Waals surface area contributed by atoms with Gasteiger partial charge in [0.25, 0.3) is 5.91 Å². The van der Waals surface area contributed by atoms with Gasteiger partial charge >= 0.3 is 0 Å². The standard InChI is InChI=1S/C18H21N5O2/c1-2-13-11-23(22-20-13)15-8-14(9-15)19-18(24)17-10-16(21-25-17)12-6-4-3-5-7-12/h4,6-7,10-11,14-15H,2-3,5,8-9H2,1H3,(H,19,24)/t14-,15+. The van der Waals surface area contributed by atoms with E-state index in [4.69, 9.17) is 4.52 Å². The second kappa shape index (κ2) is 6.66. The Balaban J connectivity index is 1.32. The number of allylic oxidation sites excluding steroid dienone is 4. The molecule has 7 heteroatoms. The van der Waals surface area contributed by atoms with Gasteiger partial charge in [0.2, 0.25) is 5.76 Å². The van der Waals surface area contributed by atoms with Crippen LogP contribution < -0.4 is 5.32 Å². The molecule has 0 spiro atoms. The summed E-state index contributed by atoms with van der Waals surface area (Å²) in [6.45, 7) is 2.06. The fraction of sp³-hybridized carbons (Fsp3) is 0.444. The van der Waals surface area contributed by atoms with Crippen molar-refractivity contribution in [3.05, 3.63) is 47.6 Å². The van der Waals surface area contributed by atoms with Crippen LogP contribution >= 0.6 is 0 Å². The van der Waals surface area contributed by atoms with E-state index in [1.165, 1.54) is 0 Å².